The third-order valence-corrected chi connectivity index (χ3v) is 6.89. The van der Waals surface area contributed by atoms with E-state index in [0.717, 1.165) is 32.9 Å². The van der Waals surface area contributed by atoms with E-state index >= 15 is 0 Å². The molecule has 4 aliphatic rings. The molecule has 0 radical (unpaired) electrons. The number of ether oxygens (including phenoxy) is 2. The van der Waals surface area contributed by atoms with Crippen molar-refractivity contribution in [2.45, 2.75) is 43.9 Å². The third-order valence-electron chi connectivity index (χ3n) is 5.94. The van der Waals surface area contributed by atoms with Crippen LogP contribution in [0.15, 0.2) is 0 Å². The Morgan fingerprint density at radius 3 is 2.43 bits per heavy atom. The first-order valence-electron chi connectivity index (χ1n) is 9.46. The van der Waals surface area contributed by atoms with Crippen LogP contribution >= 0.6 is 11.8 Å². The molecule has 4 rings (SSSR count). The van der Waals surface area contributed by atoms with Crippen molar-refractivity contribution in [2.75, 3.05) is 64.1 Å². The van der Waals surface area contributed by atoms with Gasteiger partial charge in [-0.05, 0) is 32.1 Å². The Labute approximate surface area is 144 Å². The minimum atomic E-state index is 0.0839. The van der Waals surface area contributed by atoms with Gasteiger partial charge in [-0.2, -0.15) is 11.8 Å². The van der Waals surface area contributed by atoms with Gasteiger partial charge in [-0.25, -0.2) is 10.0 Å². The highest BCUT2D eigenvalue weighted by Gasteiger charge is 2.53. The lowest BCUT2D eigenvalue weighted by Crippen LogP contribution is -2.74. The van der Waals surface area contributed by atoms with Crippen molar-refractivity contribution in [2.24, 2.45) is 0 Å². The monoisotopic (exact) mass is 341 g/mol. The van der Waals surface area contributed by atoms with Crippen LogP contribution in [0.25, 0.3) is 0 Å². The zero-order valence-corrected chi connectivity index (χ0v) is 15.1. The van der Waals surface area contributed by atoms with E-state index in [1.807, 2.05) is 0 Å². The molecule has 2 atom stereocenters. The van der Waals surface area contributed by atoms with E-state index in [1.54, 1.807) is 0 Å². The van der Waals surface area contributed by atoms with Crippen molar-refractivity contribution in [3.63, 3.8) is 0 Å². The van der Waals surface area contributed by atoms with Crippen LogP contribution in [0.5, 0.6) is 0 Å². The zero-order valence-electron chi connectivity index (χ0n) is 14.3. The molecule has 5 nitrogen and oxygen atoms in total. The molecule has 0 N–H and O–H groups in total. The summed E-state index contributed by atoms with van der Waals surface area (Å²) in [5.41, 5.74) is 0.0839. The van der Waals surface area contributed by atoms with Crippen molar-refractivity contribution in [3.8, 4) is 0 Å². The maximum atomic E-state index is 6.31. The molecule has 23 heavy (non-hydrogen) atoms. The van der Waals surface area contributed by atoms with Crippen LogP contribution in [-0.2, 0) is 9.47 Å². The minimum Gasteiger partial charge on any atom is -0.379 e. The molecule has 4 heterocycles. The second-order valence-electron chi connectivity index (χ2n) is 7.13. The van der Waals surface area contributed by atoms with Crippen LogP contribution in [0.1, 0.15) is 32.1 Å². The van der Waals surface area contributed by atoms with E-state index in [0.29, 0.717) is 6.10 Å². The Bertz CT molecular complexity index is 382. The van der Waals surface area contributed by atoms with Crippen LogP contribution in [0.3, 0.4) is 0 Å². The summed E-state index contributed by atoms with van der Waals surface area (Å²) in [6.45, 7) is 8.39. The van der Waals surface area contributed by atoms with Crippen molar-refractivity contribution >= 4 is 11.8 Å². The molecule has 0 bridgehead atoms. The standard InChI is InChI=1S/C17H31N3O2S/c1-2-6-20(19-9-14-23-15-10-19)17(5-1,16-4-3-11-22-16)18-7-12-21-13-8-18/h16H,1-15H2. The van der Waals surface area contributed by atoms with Gasteiger partial charge < -0.3 is 9.47 Å². The van der Waals surface area contributed by atoms with Crippen molar-refractivity contribution in [3.05, 3.63) is 0 Å². The molecular weight excluding hydrogens is 310 g/mol. The van der Waals surface area contributed by atoms with E-state index < -0.39 is 0 Å². The predicted octanol–water partition coefficient (Wildman–Crippen LogP) is 1.64. The quantitative estimate of drug-likeness (QED) is 0.775. The highest BCUT2D eigenvalue weighted by Crippen LogP contribution is 2.41. The molecule has 132 valence electrons. The molecule has 0 aliphatic carbocycles. The van der Waals surface area contributed by atoms with Gasteiger partial charge in [-0.15, -0.1) is 0 Å². The normalized spacial score (nSPS) is 38.9. The Morgan fingerprint density at radius 2 is 1.70 bits per heavy atom. The topological polar surface area (TPSA) is 28.2 Å². The number of rotatable bonds is 3. The largest absolute Gasteiger partial charge is 0.379 e. The number of piperidine rings is 1. The van der Waals surface area contributed by atoms with Gasteiger partial charge in [-0.1, -0.05) is 0 Å². The smallest absolute Gasteiger partial charge is 0.114 e. The van der Waals surface area contributed by atoms with E-state index in [9.17, 15) is 0 Å². The molecule has 0 aromatic carbocycles. The van der Waals surface area contributed by atoms with Crippen molar-refractivity contribution in [1.29, 1.82) is 0 Å². The van der Waals surface area contributed by atoms with E-state index in [2.05, 4.69) is 26.7 Å². The summed E-state index contributed by atoms with van der Waals surface area (Å²) in [7, 11) is 0. The van der Waals surface area contributed by atoms with Gasteiger partial charge in [0.05, 0.1) is 19.3 Å². The second kappa shape index (κ2) is 7.58. The first kappa shape index (κ1) is 16.6. The molecule has 0 amide bonds. The summed E-state index contributed by atoms with van der Waals surface area (Å²) < 4.78 is 12.0. The summed E-state index contributed by atoms with van der Waals surface area (Å²) in [4.78, 5) is 2.72. The lowest BCUT2D eigenvalue weighted by atomic mass is 9.87. The molecule has 2 unspecified atom stereocenters. The number of hydrazine groups is 1. The molecule has 0 saturated carbocycles. The molecule has 0 aromatic rings. The average Bonchev–Trinajstić information content (AvgIpc) is 3.18. The number of nitrogens with zero attached hydrogens (tertiary/aromatic N) is 3. The van der Waals surface area contributed by atoms with E-state index in [1.165, 1.54) is 63.2 Å². The summed E-state index contributed by atoms with van der Waals surface area (Å²) in [6.07, 6.45) is 6.72. The van der Waals surface area contributed by atoms with Gasteiger partial charge >= 0.3 is 0 Å². The van der Waals surface area contributed by atoms with E-state index in [-0.39, 0.29) is 5.66 Å². The summed E-state index contributed by atoms with van der Waals surface area (Å²) in [5, 5.41) is 5.41. The highest BCUT2D eigenvalue weighted by atomic mass is 32.2. The first-order valence-corrected chi connectivity index (χ1v) is 10.6. The fraction of sp³-hybridized carbons (Fsp3) is 1.00. The molecule has 6 heteroatoms. The number of morpholine rings is 1. The van der Waals surface area contributed by atoms with Gasteiger partial charge in [0.25, 0.3) is 0 Å². The predicted molar refractivity (Wildman–Crippen MR) is 93.6 cm³/mol. The number of hydrogen-bond acceptors (Lipinski definition) is 6. The Hall–Kier alpha value is 0.150. The van der Waals surface area contributed by atoms with Crippen LogP contribution in [0.4, 0.5) is 0 Å². The lowest BCUT2D eigenvalue weighted by molar-refractivity contribution is -0.246. The van der Waals surface area contributed by atoms with Crippen LogP contribution < -0.4 is 0 Å². The fourth-order valence-electron chi connectivity index (χ4n) is 4.90. The van der Waals surface area contributed by atoms with Gasteiger partial charge in [0.1, 0.15) is 5.66 Å². The zero-order chi connectivity index (χ0) is 15.5. The van der Waals surface area contributed by atoms with Crippen LogP contribution in [0.2, 0.25) is 0 Å². The van der Waals surface area contributed by atoms with E-state index in [4.69, 9.17) is 9.47 Å². The highest BCUT2D eigenvalue weighted by molar-refractivity contribution is 7.99. The van der Waals surface area contributed by atoms with Gasteiger partial charge in [0.2, 0.25) is 0 Å². The van der Waals surface area contributed by atoms with Gasteiger partial charge in [-0.3, -0.25) is 4.90 Å². The summed E-state index contributed by atoms with van der Waals surface area (Å²) in [5.74, 6) is 2.53. The lowest BCUT2D eigenvalue weighted by Gasteiger charge is -2.59. The molecular formula is C17H31N3O2S. The molecule has 0 spiro atoms. The van der Waals surface area contributed by atoms with Gasteiger partial charge in [0, 0.05) is 50.8 Å². The maximum Gasteiger partial charge on any atom is 0.114 e. The maximum absolute atomic E-state index is 6.31. The Balaban J connectivity index is 1.64. The van der Waals surface area contributed by atoms with Crippen LogP contribution in [0, 0.1) is 0 Å². The second-order valence-corrected chi connectivity index (χ2v) is 8.35. The molecule has 4 aliphatic heterocycles. The first-order chi connectivity index (χ1) is 11.4. The summed E-state index contributed by atoms with van der Waals surface area (Å²) >= 11 is 2.10. The Kier molecular flexibility index (Phi) is 5.48. The number of thioether (sulfide) groups is 1. The SMILES string of the molecule is C1COC(C2(N3CCOCC3)CCCCN2N2CCSCC2)C1. The molecule has 0 aromatic heterocycles. The van der Waals surface area contributed by atoms with Crippen molar-refractivity contribution < 1.29 is 9.47 Å². The summed E-state index contributed by atoms with van der Waals surface area (Å²) in [6, 6.07) is 0. The molecule has 4 fully saturated rings. The molecule has 4 saturated heterocycles. The average molecular weight is 342 g/mol. The van der Waals surface area contributed by atoms with Crippen molar-refractivity contribution in [1.82, 2.24) is 14.9 Å². The minimum absolute atomic E-state index is 0.0839. The third kappa shape index (κ3) is 3.18. The van der Waals surface area contributed by atoms with Crippen LogP contribution in [-0.4, -0.2) is 90.7 Å². The fourth-order valence-corrected chi connectivity index (χ4v) is 5.78. The number of hydrogen-bond donors (Lipinski definition) is 0. The van der Waals surface area contributed by atoms with Gasteiger partial charge in [0.15, 0.2) is 0 Å². The Morgan fingerprint density at radius 1 is 0.870 bits per heavy atom.